The number of carbonyl (C=O) groups excluding carboxylic acids is 1. The highest BCUT2D eigenvalue weighted by Crippen LogP contribution is 2.31. The van der Waals surface area contributed by atoms with Crippen molar-refractivity contribution >= 4 is 35.8 Å². The molecule has 6 nitrogen and oxygen atoms in total. The standard InChI is InChI=1S/C19H28N4O2.HI/c1-23(2)18(24)13-20-19(21-14-7-3-4-8-14)22-16-11-12-25-17-10-6-5-9-15(16)17;/h5-6,9-10,14,16H,3-4,7-8,11-13H2,1-2H3,(H2,20,21,22);1H. The Morgan fingerprint density at radius 3 is 2.65 bits per heavy atom. The first-order chi connectivity index (χ1) is 12.1. The van der Waals surface area contributed by atoms with Gasteiger partial charge in [0.05, 0.1) is 12.6 Å². The number of rotatable bonds is 4. The molecule has 0 spiro atoms. The average molecular weight is 472 g/mol. The molecule has 144 valence electrons. The van der Waals surface area contributed by atoms with E-state index in [9.17, 15) is 4.79 Å². The SMILES string of the molecule is CN(C)C(=O)CN=C(NC1CCCC1)NC1CCOc2ccccc21.I. The third-order valence-electron chi connectivity index (χ3n) is 4.84. The summed E-state index contributed by atoms with van der Waals surface area (Å²) in [6, 6.07) is 8.69. The lowest BCUT2D eigenvalue weighted by Gasteiger charge is -2.29. The smallest absolute Gasteiger partial charge is 0.243 e. The van der Waals surface area contributed by atoms with Crippen molar-refractivity contribution in [2.24, 2.45) is 4.99 Å². The van der Waals surface area contributed by atoms with Crippen molar-refractivity contribution in [3.8, 4) is 5.75 Å². The largest absolute Gasteiger partial charge is 0.493 e. The highest BCUT2D eigenvalue weighted by Gasteiger charge is 2.24. The zero-order valence-corrected chi connectivity index (χ0v) is 17.9. The number of nitrogens with one attached hydrogen (secondary N) is 2. The van der Waals surface area contributed by atoms with E-state index in [1.165, 1.54) is 12.8 Å². The molecule has 0 aromatic heterocycles. The zero-order chi connectivity index (χ0) is 17.6. The molecular formula is C19H29IN4O2. The number of hydrogen-bond donors (Lipinski definition) is 2. The third kappa shape index (κ3) is 5.49. The molecule has 1 heterocycles. The summed E-state index contributed by atoms with van der Waals surface area (Å²) in [7, 11) is 3.51. The molecular weight excluding hydrogens is 443 g/mol. The Morgan fingerprint density at radius 2 is 1.92 bits per heavy atom. The van der Waals surface area contributed by atoms with Crippen LogP contribution in [0.5, 0.6) is 5.75 Å². The van der Waals surface area contributed by atoms with Crippen molar-refractivity contribution in [3.63, 3.8) is 0 Å². The molecule has 3 rings (SSSR count). The molecule has 1 aromatic rings. The van der Waals surface area contributed by atoms with Crippen molar-refractivity contribution in [3.05, 3.63) is 29.8 Å². The normalized spacial score (nSPS) is 19.8. The quantitative estimate of drug-likeness (QED) is 0.402. The second kappa shape index (κ2) is 9.99. The number of fused-ring (bicyclic) bond motifs is 1. The Labute approximate surface area is 172 Å². The molecule has 0 saturated heterocycles. The van der Waals surface area contributed by atoms with Crippen molar-refractivity contribution in [2.75, 3.05) is 27.2 Å². The maximum Gasteiger partial charge on any atom is 0.243 e. The van der Waals surface area contributed by atoms with E-state index in [0.717, 1.165) is 36.5 Å². The first-order valence-electron chi connectivity index (χ1n) is 9.13. The maximum absolute atomic E-state index is 11.9. The van der Waals surface area contributed by atoms with Gasteiger partial charge in [-0.25, -0.2) is 4.99 Å². The van der Waals surface area contributed by atoms with Crippen LogP contribution in [0.3, 0.4) is 0 Å². The molecule has 7 heteroatoms. The van der Waals surface area contributed by atoms with E-state index in [2.05, 4.69) is 21.7 Å². The van der Waals surface area contributed by atoms with Gasteiger partial charge in [0.1, 0.15) is 12.3 Å². The van der Waals surface area contributed by atoms with Crippen LogP contribution in [0.4, 0.5) is 0 Å². The zero-order valence-electron chi connectivity index (χ0n) is 15.5. The van der Waals surface area contributed by atoms with Crippen LogP contribution in [0.25, 0.3) is 0 Å². The minimum absolute atomic E-state index is 0. The number of aliphatic imine (C=N–C) groups is 1. The second-order valence-electron chi connectivity index (χ2n) is 6.95. The van der Waals surface area contributed by atoms with Crippen LogP contribution < -0.4 is 15.4 Å². The van der Waals surface area contributed by atoms with E-state index in [-0.39, 0.29) is 42.5 Å². The monoisotopic (exact) mass is 472 g/mol. The summed E-state index contributed by atoms with van der Waals surface area (Å²) >= 11 is 0. The summed E-state index contributed by atoms with van der Waals surface area (Å²) in [4.78, 5) is 18.0. The minimum Gasteiger partial charge on any atom is -0.493 e. The van der Waals surface area contributed by atoms with E-state index in [0.29, 0.717) is 12.6 Å². The molecule has 1 amide bonds. The molecule has 2 N–H and O–H groups in total. The van der Waals surface area contributed by atoms with E-state index in [1.54, 1.807) is 19.0 Å². The highest BCUT2D eigenvalue weighted by atomic mass is 127. The second-order valence-corrected chi connectivity index (χ2v) is 6.95. The predicted octanol–water partition coefficient (Wildman–Crippen LogP) is 2.69. The molecule has 1 aliphatic carbocycles. The summed E-state index contributed by atoms with van der Waals surface area (Å²) in [6.07, 6.45) is 5.70. The molecule has 26 heavy (non-hydrogen) atoms. The minimum atomic E-state index is -0.0000930. The lowest BCUT2D eigenvalue weighted by atomic mass is 10.0. The van der Waals surface area contributed by atoms with Gasteiger partial charge < -0.3 is 20.3 Å². The van der Waals surface area contributed by atoms with Crippen LogP contribution in [0.1, 0.15) is 43.7 Å². The maximum atomic E-state index is 11.9. The number of amides is 1. The number of hydrogen-bond acceptors (Lipinski definition) is 3. The number of para-hydroxylation sites is 1. The lowest BCUT2D eigenvalue weighted by molar-refractivity contribution is -0.127. The van der Waals surface area contributed by atoms with Crippen LogP contribution in [0.2, 0.25) is 0 Å². The van der Waals surface area contributed by atoms with Crippen LogP contribution >= 0.6 is 24.0 Å². The van der Waals surface area contributed by atoms with Gasteiger partial charge in [-0.1, -0.05) is 31.0 Å². The number of likely N-dealkylation sites (N-methyl/N-ethyl adjacent to an activating group) is 1. The van der Waals surface area contributed by atoms with Crippen LogP contribution in [-0.4, -0.2) is 50.1 Å². The Hall–Kier alpha value is -1.51. The highest BCUT2D eigenvalue weighted by molar-refractivity contribution is 14.0. The molecule has 1 saturated carbocycles. The van der Waals surface area contributed by atoms with E-state index in [1.807, 2.05) is 18.2 Å². The van der Waals surface area contributed by atoms with Crippen LogP contribution in [-0.2, 0) is 4.79 Å². The van der Waals surface area contributed by atoms with Gasteiger partial charge in [0.15, 0.2) is 5.96 Å². The summed E-state index contributed by atoms with van der Waals surface area (Å²) in [6.45, 7) is 0.835. The van der Waals surface area contributed by atoms with Crippen molar-refractivity contribution < 1.29 is 9.53 Å². The number of benzene rings is 1. The number of nitrogens with zero attached hydrogens (tertiary/aromatic N) is 2. The first kappa shape index (κ1) is 20.8. The Balaban J connectivity index is 0.00000243. The fraction of sp³-hybridized carbons (Fsp3) is 0.579. The number of ether oxygens (including phenoxy) is 1. The van der Waals surface area contributed by atoms with E-state index < -0.39 is 0 Å². The fourth-order valence-corrected chi connectivity index (χ4v) is 3.34. The summed E-state index contributed by atoms with van der Waals surface area (Å²) in [5, 5.41) is 7.04. The fourth-order valence-electron chi connectivity index (χ4n) is 3.34. The Kier molecular flexibility index (Phi) is 7.99. The van der Waals surface area contributed by atoms with Gasteiger partial charge >= 0.3 is 0 Å². The molecule has 1 fully saturated rings. The first-order valence-corrected chi connectivity index (χ1v) is 9.13. The van der Waals surface area contributed by atoms with E-state index in [4.69, 9.17) is 4.74 Å². The Bertz CT molecular complexity index is 630. The molecule has 1 aromatic carbocycles. The van der Waals surface area contributed by atoms with Gasteiger partial charge in [0.2, 0.25) is 5.91 Å². The summed E-state index contributed by atoms with van der Waals surface area (Å²) in [5.41, 5.74) is 1.15. The van der Waals surface area contributed by atoms with Gasteiger partial charge in [0, 0.05) is 32.1 Å². The Morgan fingerprint density at radius 1 is 1.19 bits per heavy atom. The summed E-state index contributed by atoms with van der Waals surface area (Å²) < 4.78 is 5.74. The van der Waals surface area contributed by atoms with Crippen LogP contribution in [0.15, 0.2) is 29.3 Å². The molecule has 1 unspecified atom stereocenters. The molecule has 0 bridgehead atoms. The molecule has 0 radical (unpaired) electrons. The van der Waals surface area contributed by atoms with E-state index >= 15 is 0 Å². The van der Waals surface area contributed by atoms with Gasteiger partial charge in [-0.05, 0) is 18.9 Å². The number of guanidine groups is 1. The number of carbonyl (C=O) groups is 1. The summed E-state index contributed by atoms with van der Waals surface area (Å²) in [5.74, 6) is 1.65. The van der Waals surface area contributed by atoms with Crippen molar-refractivity contribution in [1.82, 2.24) is 15.5 Å². The molecule has 1 aliphatic heterocycles. The van der Waals surface area contributed by atoms with Gasteiger partial charge in [0.25, 0.3) is 0 Å². The average Bonchev–Trinajstić information content (AvgIpc) is 3.12. The molecule has 1 atom stereocenters. The van der Waals surface area contributed by atoms with Gasteiger partial charge in [-0.15, -0.1) is 24.0 Å². The van der Waals surface area contributed by atoms with Gasteiger partial charge in [-0.3, -0.25) is 4.79 Å². The van der Waals surface area contributed by atoms with Crippen LogP contribution in [0, 0.1) is 0 Å². The molecule has 2 aliphatic rings. The van der Waals surface area contributed by atoms with Crippen molar-refractivity contribution in [2.45, 2.75) is 44.2 Å². The number of halogens is 1. The lowest BCUT2D eigenvalue weighted by Crippen LogP contribution is -2.45. The van der Waals surface area contributed by atoms with Gasteiger partial charge in [-0.2, -0.15) is 0 Å². The third-order valence-corrected chi connectivity index (χ3v) is 4.84. The van der Waals surface area contributed by atoms with Crippen molar-refractivity contribution in [1.29, 1.82) is 0 Å². The topological polar surface area (TPSA) is 66.0 Å². The predicted molar refractivity (Wildman–Crippen MR) is 114 cm³/mol.